The van der Waals surface area contributed by atoms with Crippen molar-refractivity contribution in [1.82, 2.24) is 5.43 Å². The van der Waals surface area contributed by atoms with Gasteiger partial charge in [0.05, 0.1) is 25.0 Å². The van der Waals surface area contributed by atoms with E-state index in [0.717, 1.165) is 30.8 Å². The van der Waals surface area contributed by atoms with Crippen molar-refractivity contribution < 1.29 is 9.15 Å². The third-order valence-corrected chi connectivity index (χ3v) is 3.96. The van der Waals surface area contributed by atoms with Crippen LogP contribution in [0.4, 0.5) is 0 Å². The first-order valence-electron chi connectivity index (χ1n) is 6.99. The summed E-state index contributed by atoms with van der Waals surface area (Å²) in [5.74, 6) is 6.59. The summed E-state index contributed by atoms with van der Waals surface area (Å²) in [5.41, 5.74) is 6.60. The third-order valence-electron chi connectivity index (χ3n) is 3.96. The van der Waals surface area contributed by atoms with Crippen molar-refractivity contribution in [3.63, 3.8) is 0 Å². The van der Waals surface area contributed by atoms with E-state index in [1.807, 2.05) is 13.0 Å². The van der Waals surface area contributed by atoms with Crippen molar-refractivity contribution in [3.05, 3.63) is 59.0 Å². The quantitative estimate of drug-likeness (QED) is 0.663. The van der Waals surface area contributed by atoms with E-state index in [0.29, 0.717) is 0 Å². The summed E-state index contributed by atoms with van der Waals surface area (Å²) in [7, 11) is 0. The van der Waals surface area contributed by atoms with Crippen LogP contribution in [0.3, 0.4) is 0 Å². The molecule has 0 bridgehead atoms. The molecule has 1 aliphatic rings. The lowest BCUT2D eigenvalue weighted by molar-refractivity contribution is 0.0276. The van der Waals surface area contributed by atoms with E-state index in [1.165, 1.54) is 11.1 Å². The highest BCUT2D eigenvalue weighted by Gasteiger charge is 2.26. The number of aryl methyl sites for hydroxylation is 1. The minimum atomic E-state index is -0.0406. The van der Waals surface area contributed by atoms with Crippen LogP contribution < -0.4 is 11.3 Å². The highest BCUT2D eigenvalue weighted by atomic mass is 16.5. The lowest BCUT2D eigenvalue weighted by Gasteiger charge is -2.28. The molecule has 0 fully saturated rings. The Morgan fingerprint density at radius 1 is 1.35 bits per heavy atom. The second-order valence-electron chi connectivity index (χ2n) is 5.23. The minimum absolute atomic E-state index is 0.0406. The molecule has 0 amide bonds. The van der Waals surface area contributed by atoms with Crippen molar-refractivity contribution in [2.24, 2.45) is 5.84 Å². The summed E-state index contributed by atoms with van der Waals surface area (Å²) < 4.78 is 11.5. The van der Waals surface area contributed by atoms with Gasteiger partial charge in [-0.1, -0.05) is 24.3 Å². The Morgan fingerprint density at radius 3 is 2.95 bits per heavy atom. The van der Waals surface area contributed by atoms with Crippen LogP contribution in [-0.2, 0) is 11.2 Å². The molecular weight excluding hydrogens is 252 g/mol. The molecule has 3 rings (SSSR count). The fourth-order valence-corrected chi connectivity index (χ4v) is 2.88. The number of hydrogen-bond donors (Lipinski definition) is 2. The molecule has 1 aliphatic heterocycles. The predicted molar refractivity (Wildman–Crippen MR) is 77.0 cm³/mol. The van der Waals surface area contributed by atoms with Gasteiger partial charge in [0.2, 0.25) is 0 Å². The SMILES string of the molecule is Cc1ccoc1C(CC1OCCc2ccccc21)NN. The fraction of sp³-hybridized carbons (Fsp3) is 0.375. The van der Waals surface area contributed by atoms with Crippen molar-refractivity contribution in [2.45, 2.75) is 31.9 Å². The maximum Gasteiger partial charge on any atom is 0.125 e. The summed E-state index contributed by atoms with van der Waals surface area (Å²) in [6.07, 6.45) is 3.50. The number of nitrogens with two attached hydrogens (primary N) is 1. The van der Waals surface area contributed by atoms with E-state index >= 15 is 0 Å². The zero-order valence-corrected chi connectivity index (χ0v) is 11.6. The Labute approximate surface area is 118 Å². The van der Waals surface area contributed by atoms with Crippen LogP contribution in [0.25, 0.3) is 0 Å². The fourth-order valence-electron chi connectivity index (χ4n) is 2.88. The van der Waals surface area contributed by atoms with Gasteiger partial charge >= 0.3 is 0 Å². The van der Waals surface area contributed by atoms with Gasteiger partial charge in [-0.15, -0.1) is 0 Å². The van der Waals surface area contributed by atoms with E-state index in [9.17, 15) is 0 Å². The van der Waals surface area contributed by atoms with Crippen molar-refractivity contribution >= 4 is 0 Å². The Kier molecular flexibility index (Phi) is 3.87. The summed E-state index contributed by atoms with van der Waals surface area (Å²) in [4.78, 5) is 0. The Hall–Kier alpha value is -1.62. The number of ether oxygens (including phenoxy) is 1. The van der Waals surface area contributed by atoms with Gasteiger partial charge in [-0.25, -0.2) is 5.43 Å². The first kappa shape index (κ1) is 13.4. The van der Waals surface area contributed by atoms with Gasteiger partial charge in [-0.3, -0.25) is 5.84 Å². The van der Waals surface area contributed by atoms with Crippen LogP contribution in [0.1, 0.15) is 41.0 Å². The number of hydrogen-bond acceptors (Lipinski definition) is 4. The molecule has 0 aliphatic carbocycles. The zero-order chi connectivity index (χ0) is 13.9. The smallest absolute Gasteiger partial charge is 0.125 e. The minimum Gasteiger partial charge on any atom is -0.467 e. The molecule has 2 unspecified atom stereocenters. The van der Waals surface area contributed by atoms with Gasteiger partial charge in [0.25, 0.3) is 0 Å². The number of benzene rings is 1. The van der Waals surface area contributed by atoms with Crippen LogP contribution in [0.5, 0.6) is 0 Å². The molecule has 0 spiro atoms. The summed E-state index contributed by atoms with van der Waals surface area (Å²) in [5, 5.41) is 0. The lowest BCUT2D eigenvalue weighted by atomic mass is 9.92. The molecule has 2 aromatic rings. The molecule has 1 aromatic heterocycles. The van der Waals surface area contributed by atoms with Crippen LogP contribution in [0, 0.1) is 6.92 Å². The van der Waals surface area contributed by atoms with Gasteiger partial charge < -0.3 is 9.15 Å². The van der Waals surface area contributed by atoms with Gasteiger partial charge in [0.1, 0.15) is 5.76 Å². The third kappa shape index (κ3) is 2.50. The van der Waals surface area contributed by atoms with Crippen LogP contribution >= 0.6 is 0 Å². The molecule has 2 atom stereocenters. The number of nitrogens with one attached hydrogen (secondary N) is 1. The molecule has 20 heavy (non-hydrogen) atoms. The number of rotatable bonds is 4. The predicted octanol–water partition coefficient (Wildman–Crippen LogP) is 2.80. The lowest BCUT2D eigenvalue weighted by Crippen LogP contribution is -2.31. The molecule has 4 heteroatoms. The molecular formula is C16H20N2O2. The van der Waals surface area contributed by atoms with Crippen LogP contribution in [0.2, 0.25) is 0 Å². The van der Waals surface area contributed by atoms with E-state index in [1.54, 1.807) is 6.26 Å². The second kappa shape index (κ2) is 5.79. The average Bonchev–Trinajstić information content (AvgIpc) is 2.91. The van der Waals surface area contributed by atoms with Crippen molar-refractivity contribution in [2.75, 3.05) is 6.61 Å². The molecule has 0 saturated heterocycles. The van der Waals surface area contributed by atoms with Gasteiger partial charge in [-0.05, 0) is 36.1 Å². The molecule has 3 N–H and O–H groups in total. The average molecular weight is 272 g/mol. The van der Waals surface area contributed by atoms with E-state index in [4.69, 9.17) is 15.0 Å². The molecule has 1 aromatic carbocycles. The molecule has 4 nitrogen and oxygen atoms in total. The Morgan fingerprint density at radius 2 is 2.20 bits per heavy atom. The molecule has 106 valence electrons. The second-order valence-corrected chi connectivity index (χ2v) is 5.23. The number of fused-ring (bicyclic) bond motifs is 1. The van der Waals surface area contributed by atoms with Crippen molar-refractivity contribution in [3.8, 4) is 0 Å². The highest BCUT2D eigenvalue weighted by Crippen LogP contribution is 2.34. The van der Waals surface area contributed by atoms with Gasteiger partial charge in [-0.2, -0.15) is 0 Å². The topological polar surface area (TPSA) is 60.4 Å². The number of furan rings is 1. The molecule has 2 heterocycles. The van der Waals surface area contributed by atoms with E-state index < -0.39 is 0 Å². The van der Waals surface area contributed by atoms with Gasteiger partial charge in [0, 0.05) is 6.42 Å². The Balaban J connectivity index is 1.82. The highest BCUT2D eigenvalue weighted by molar-refractivity contribution is 5.31. The van der Waals surface area contributed by atoms with Crippen LogP contribution in [0.15, 0.2) is 41.0 Å². The van der Waals surface area contributed by atoms with Crippen LogP contribution in [-0.4, -0.2) is 6.61 Å². The zero-order valence-electron chi connectivity index (χ0n) is 11.6. The van der Waals surface area contributed by atoms with E-state index in [2.05, 4.69) is 29.7 Å². The molecule has 0 saturated carbocycles. The summed E-state index contributed by atoms with van der Waals surface area (Å²) in [6, 6.07) is 10.4. The monoisotopic (exact) mass is 272 g/mol. The largest absolute Gasteiger partial charge is 0.467 e. The summed E-state index contributed by atoms with van der Waals surface area (Å²) >= 11 is 0. The normalized spacial score (nSPS) is 19.6. The number of hydrazine groups is 1. The maximum atomic E-state index is 5.94. The van der Waals surface area contributed by atoms with Crippen molar-refractivity contribution in [1.29, 1.82) is 0 Å². The summed E-state index contributed by atoms with van der Waals surface area (Å²) in [6.45, 7) is 2.79. The standard InChI is InChI=1S/C16H20N2O2/c1-11-6-8-20-16(11)14(18-17)10-15-13-5-3-2-4-12(13)7-9-19-15/h2-6,8,14-15,18H,7,9-10,17H2,1H3. The molecule has 0 radical (unpaired) electrons. The van der Waals surface area contributed by atoms with E-state index in [-0.39, 0.29) is 12.1 Å². The van der Waals surface area contributed by atoms with Gasteiger partial charge in [0.15, 0.2) is 0 Å². The first-order chi connectivity index (χ1) is 9.79. The maximum absolute atomic E-state index is 5.94. The Bertz CT molecular complexity index is 579. The first-order valence-corrected chi connectivity index (χ1v) is 6.99.